The molecule has 1 heterocycles. The molecule has 8 heteroatoms. The standard InChI is InChI=1S/C16H19FN2O5/c1-18-14(20)10-3-5-12(16(22)23)19(8-10)15(21)9-4-6-13(24-2)11(17)7-9/h4,6-7,10,12H,3,5,8H2,1-2H3,(H,18,20)(H,22,23)/t10-,12-/m0/s1. The number of aliphatic carboxylic acids is 1. The number of amides is 2. The topological polar surface area (TPSA) is 95.9 Å². The molecular weight excluding hydrogens is 319 g/mol. The van der Waals surface area contributed by atoms with Gasteiger partial charge in [-0.3, -0.25) is 9.59 Å². The number of hydrogen-bond donors (Lipinski definition) is 2. The highest BCUT2D eigenvalue weighted by atomic mass is 19.1. The van der Waals surface area contributed by atoms with E-state index in [-0.39, 0.29) is 30.2 Å². The number of nitrogens with one attached hydrogen (secondary N) is 1. The quantitative estimate of drug-likeness (QED) is 0.850. The summed E-state index contributed by atoms with van der Waals surface area (Å²) in [6.45, 7) is -0.0247. The lowest BCUT2D eigenvalue weighted by molar-refractivity contribution is -0.145. The molecule has 24 heavy (non-hydrogen) atoms. The molecule has 0 saturated carbocycles. The summed E-state index contributed by atoms with van der Waals surface area (Å²) in [6.07, 6.45) is 0.537. The summed E-state index contributed by atoms with van der Waals surface area (Å²) in [5.41, 5.74) is 0.0112. The van der Waals surface area contributed by atoms with E-state index in [0.717, 1.165) is 11.0 Å². The Morgan fingerprint density at radius 3 is 2.58 bits per heavy atom. The van der Waals surface area contributed by atoms with Crippen LogP contribution in [0.5, 0.6) is 5.75 Å². The molecule has 2 atom stereocenters. The van der Waals surface area contributed by atoms with Crippen LogP contribution in [0.2, 0.25) is 0 Å². The van der Waals surface area contributed by atoms with Gasteiger partial charge in [0.25, 0.3) is 5.91 Å². The van der Waals surface area contributed by atoms with Crippen LogP contribution in [-0.2, 0) is 9.59 Å². The van der Waals surface area contributed by atoms with E-state index in [0.29, 0.717) is 6.42 Å². The van der Waals surface area contributed by atoms with Crippen molar-refractivity contribution in [2.24, 2.45) is 5.92 Å². The number of benzene rings is 1. The number of likely N-dealkylation sites (tertiary alicyclic amines) is 1. The molecule has 1 saturated heterocycles. The summed E-state index contributed by atoms with van der Waals surface area (Å²) in [5, 5.41) is 11.8. The van der Waals surface area contributed by atoms with Gasteiger partial charge in [0.2, 0.25) is 5.91 Å². The van der Waals surface area contributed by atoms with E-state index in [1.807, 2.05) is 0 Å². The van der Waals surface area contributed by atoms with Crippen LogP contribution in [0, 0.1) is 11.7 Å². The Kier molecular flexibility index (Phi) is 5.38. The Labute approximate surface area is 138 Å². The predicted octanol–water partition coefficient (Wildman–Crippen LogP) is 0.886. The van der Waals surface area contributed by atoms with Crippen LogP contribution in [0.25, 0.3) is 0 Å². The van der Waals surface area contributed by atoms with Crippen molar-refractivity contribution in [1.29, 1.82) is 0 Å². The average Bonchev–Trinajstić information content (AvgIpc) is 2.59. The van der Waals surface area contributed by atoms with Gasteiger partial charge in [0.05, 0.1) is 13.0 Å². The molecule has 1 aliphatic rings. The number of piperidine rings is 1. The second-order valence-corrected chi connectivity index (χ2v) is 5.55. The number of carboxylic acids is 1. The molecular formula is C16H19FN2O5. The van der Waals surface area contributed by atoms with E-state index in [4.69, 9.17) is 4.74 Å². The zero-order valence-electron chi connectivity index (χ0n) is 13.4. The number of ether oxygens (including phenoxy) is 1. The van der Waals surface area contributed by atoms with E-state index < -0.39 is 29.7 Å². The zero-order valence-corrected chi connectivity index (χ0v) is 13.4. The van der Waals surface area contributed by atoms with Crippen molar-refractivity contribution < 1.29 is 28.6 Å². The molecule has 1 aromatic carbocycles. The van der Waals surface area contributed by atoms with E-state index in [1.165, 1.54) is 26.3 Å². The Hall–Kier alpha value is -2.64. The van der Waals surface area contributed by atoms with Crippen molar-refractivity contribution in [3.05, 3.63) is 29.6 Å². The van der Waals surface area contributed by atoms with Crippen molar-refractivity contribution in [2.45, 2.75) is 18.9 Å². The third kappa shape index (κ3) is 3.47. The first-order valence-electron chi connectivity index (χ1n) is 7.48. The number of carboxylic acid groups (broad SMARTS) is 1. The molecule has 0 bridgehead atoms. The van der Waals surface area contributed by atoms with Gasteiger partial charge in [-0.15, -0.1) is 0 Å². The van der Waals surface area contributed by atoms with Crippen molar-refractivity contribution in [2.75, 3.05) is 20.7 Å². The van der Waals surface area contributed by atoms with Crippen LogP contribution in [0.4, 0.5) is 4.39 Å². The summed E-state index contributed by atoms with van der Waals surface area (Å²) in [5.74, 6) is -3.24. The van der Waals surface area contributed by atoms with E-state index in [2.05, 4.69) is 5.32 Å². The van der Waals surface area contributed by atoms with Gasteiger partial charge in [0, 0.05) is 19.2 Å². The molecule has 0 aromatic heterocycles. The Balaban J connectivity index is 2.29. The Morgan fingerprint density at radius 2 is 2.04 bits per heavy atom. The SMILES string of the molecule is CNC(=O)[C@H]1CC[C@@H](C(=O)O)N(C(=O)c2ccc(OC)c(F)c2)C1. The van der Waals surface area contributed by atoms with Crippen LogP contribution in [0.15, 0.2) is 18.2 Å². The van der Waals surface area contributed by atoms with Crippen LogP contribution in [-0.4, -0.2) is 54.5 Å². The van der Waals surface area contributed by atoms with Gasteiger partial charge >= 0.3 is 5.97 Å². The molecule has 2 amide bonds. The summed E-state index contributed by atoms with van der Waals surface area (Å²) < 4.78 is 18.6. The Morgan fingerprint density at radius 1 is 1.33 bits per heavy atom. The monoisotopic (exact) mass is 338 g/mol. The van der Waals surface area contributed by atoms with E-state index in [1.54, 1.807) is 0 Å². The van der Waals surface area contributed by atoms with Crippen molar-refractivity contribution in [3.8, 4) is 5.75 Å². The molecule has 1 aliphatic heterocycles. The molecule has 7 nitrogen and oxygen atoms in total. The summed E-state index contributed by atoms with van der Waals surface area (Å²) in [7, 11) is 2.79. The maximum absolute atomic E-state index is 13.8. The summed E-state index contributed by atoms with van der Waals surface area (Å²) >= 11 is 0. The molecule has 1 fully saturated rings. The second-order valence-electron chi connectivity index (χ2n) is 5.55. The van der Waals surface area contributed by atoms with Crippen LogP contribution >= 0.6 is 0 Å². The van der Waals surface area contributed by atoms with Crippen LogP contribution in [0.3, 0.4) is 0 Å². The van der Waals surface area contributed by atoms with Crippen LogP contribution in [0.1, 0.15) is 23.2 Å². The number of methoxy groups -OCH3 is 1. The van der Waals surface area contributed by atoms with E-state index >= 15 is 0 Å². The minimum atomic E-state index is -1.15. The fourth-order valence-corrected chi connectivity index (χ4v) is 2.84. The number of carbonyl (C=O) groups is 3. The Bertz CT molecular complexity index is 664. The molecule has 130 valence electrons. The number of carbonyl (C=O) groups excluding carboxylic acids is 2. The zero-order chi connectivity index (χ0) is 17.9. The minimum absolute atomic E-state index is 0.0109. The van der Waals surface area contributed by atoms with Crippen molar-refractivity contribution >= 4 is 17.8 Å². The predicted molar refractivity (Wildman–Crippen MR) is 82.2 cm³/mol. The van der Waals surface area contributed by atoms with Crippen LogP contribution < -0.4 is 10.1 Å². The first-order valence-corrected chi connectivity index (χ1v) is 7.48. The smallest absolute Gasteiger partial charge is 0.326 e. The van der Waals surface area contributed by atoms with Gasteiger partial charge < -0.3 is 20.1 Å². The number of nitrogens with zero attached hydrogens (tertiary/aromatic N) is 1. The number of rotatable bonds is 4. The first-order chi connectivity index (χ1) is 11.4. The first kappa shape index (κ1) is 17.7. The highest BCUT2D eigenvalue weighted by molar-refractivity contribution is 5.97. The molecule has 0 aliphatic carbocycles. The second kappa shape index (κ2) is 7.29. The maximum Gasteiger partial charge on any atom is 0.326 e. The largest absolute Gasteiger partial charge is 0.494 e. The molecule has 0 unspecified atom stereocenters. The van der Waals surface area contributed by atoms with E-state index in [9.17, 15) is 23.9 Å². The van der Waals surface area contributed by atoms with Crippen molar-refractivity contribution in [1.82, 2.24) is 10.2 Å². The molecule has 0 radical (unpaired) electrons. The third-order valence-corrected chi connectivity index (χ3v) is 4.14. The average molecular weight is 338 g/mol. The van der Waals surface area contributed by atoms with Crippen molar-refractivity contribution in [3.63, 3.8) is 0 Å². The lowest BCUT2D eigenvalue weighted by Gasteiger charge is -2.36. The van der Waals surface area contributed by atoms with Gasteiger partial charge in [-0.2, -0.15) is 0 Å². The fraction of sp³-hybridized carbons (Fsp3) is 0.438. The lowest BCUT2D eigenvalue weighted by atomic mass is 9.91. The molecule has 1 aromatic rings. The maximum atomic E-state index is 13.8. The minimum Gasteiger partial charge on any atom is -0.494 e. The number of halogens is 1. The van der Waals surface area contributed by atoms with Gasteiger partial charge in [0.15, 0.2) is 11.6 Å². The summed E-state index contributed by atoms with van der Waals surface area (Å²) in [4.78, 5) is 37.0. The van der Waals surface area contributed by atoms with Gasteiger partial charge in [0.1, 0.15) is 6.04 Å². The lowest BCUT2D eigenvalue weighted by Crippen LogP contribution is -2.53. The highest BCUT2D eigenvalue weighted by Gasteiger charge is 2.38. The molecule has 2 rings (SSSR count). The highest BCUT2D eigenvalue weighted by Crippen LogP contribution is 2.26. The van der Waals surface area contributed by atoms with Gasteiger partial charge in [-0.1, -0.05) is 0 Å². The third-order valence-electron chi connectivity index (χ3n) is 4.14. The normalized spacial score (nSPS) is 20.4. The molecule has 0 spiro atoms. The van der Waals surface area contributed by atoms with Gasteiger partial charge in [-0.25, -0.2) is 9.18 Å². The summed E-state index contributed by atoms with van der Waals surface area (Å²) in [6, 6.07) is 2.64. The fourth-order valence-electron chi connectivity index (χ4n) is 2.84. The molecule has 2 N–H and O–H groups in total. The van der Waals surface area contributed by atoms with Gasteiger partial charge in [-0.05, 0) is 31.0 Å². The number of hydrogen-bond acceptors (Lipinski definition) is 4.